The second kappa shape index (κ2) is 21.3. The number of ether oxygens (including phenoxy) is 1. The number of pyridine rings is 1. The molecule has 0 radical (unpaired) electrons. The molecule has 0 aromatic carbocycles. The third-order valence-electron chi connectivity index (χ3n) is 8.60. The average Bonchev–Trinajstić information content (AvgIpc) is 3.72. The van der Waals surface area contributed by atoms with Crippen LogP contribution >= 0.6 is 0 Å². The van der Waals surface area contributed by atoms with Crippen LogP contribution in [0.1, 0.15) is 110 Å². The summed E-state index contributed by atoms with van der Waals surface area (Å²) >= 11 is 0. The Morgan fingerprint density at radius 2 is 1.62 bits per heavy atom. The van der Waals surface area contributed by atoms with E-state index in [-0.39, 0.29) is 25.0 Å². The molecule has 52 heavy (non-hydrogen) atoms. The molecule has 4 N–H and O–H groups in total. The summed E-state index contributed by atoms with van der Waals surface area (Å²) in [6.07, 6.45) is 11.3. The zero-order valence-corrected chi connectivity index (χ0v) is 32.0. The summed E-state index contributed by atoms with van der Waals surface area (Å²) in [4.78, 5) is 66.8. The Labute approximate surface area is 308 Å². The summed E-state index contributed by atoms with van der Waals surface area (Å²) < 4.78 is 31.1. The molecule has 3 fully saturated rings. The molecule has 5 rings (SSSR count). The van der Waals surface area contributed by atoms with Gasteiger partial charge in [0.15, 0.2) is 0 Å². The van der Waals surface area contributed by atoms with Gasteiger partial charge in [-0.3, -0.25) is 29.0 Å². The number of aromatic nitrogens is 1. The number of carbonyl (C=O) groups excluding carboxylic acids is 4. The molecule has 3 heterocycles. The monoisotopic (exact) mass is 750 g/mol. The van der Waals surface area contributed by atoms with Crippen molar-refractivity contribution < 1.29 is 42.2 Å². The van der Waals surface area contributed by atoms with E-state index in [1.165, 1.54) is 48.3 Å². The summed E-state index contributed by atoms with van der Waals surface area (Å²) in [6.45, 7) is 14.5. The Morgan fingerprint density at radius 3 is 2.13 bits per heavy atom. The fraction of sp³-hybridized carbons (Fsp3) is 0.667. The van der Waals surface area contributed by atoms with E-state index in [9.17, 15) is 32.4 Å². The van der Waals surface area contributed by atoms with Gasteiger partial charge in [-0.05, 0) is 49.1 Å². The number of sulfonamides is 1. The topological polar surface area (TPSA) is 204 Å². The fourth-order valence-electron chi connectivity index (χ4n) is 5.61. The Hall–Kier alpha value is -4.21. The molecular formula is C36H58N6O9S. The molecule has 1 aromatic rings. The van der Waals surface area contributed by atoms with Crippen LogP contribution in [0.25, 0.3) is 0 Å². The van der Waals surface area contributed by atoms with Crippen LogP contribution in [-0.2, 0) is 42.2 Å². The van der Waals surface area contributed by atoms with Gasteiger partial charge >= 0.3 is 12.2 Å². The number of nitrogens with zero attached hydrogens (tertiary/aromatic N) is 3. The molecule has 1 aromatic heterocycles. The largest absolute Gasteiger partial charge is 0.465 e. The number of hydrogen-bond donors (Lipinski definition) is 4. The zero-order chi connectivity index (χ0) is 38.9. The van der Waals surface area contributed by atoms with Crippen molar-refractivity contribution in [3.63, 3.8) is 0 Å². The van der Waals surface area contributed by atoms with Crippen LogP contribution in [0.3, 0.4) is 0 Å². The van der Waals surface area contributed by atoms with Crippen molar-refractivity contribution in [1.29, 1.82) is 0 Å². The van der Waals surface area contributed by atoms with Crippen molar-refractivity contribution in [2.45, 2.75) is 129 Å². The highest BCUT2D eigenvalue weighted by Gasteiger charge is 2.39. The quantitative estimate of drug-likeness (QED) is 0.261. The Morgan fingerprint density at radius 1 is 1.00 bits per heavy atom. The molecule has 0 bridgehead atoms. The molecule has 2 aliphatic carbocycles. The maximum Gasteiger partial charge on any atom is 0.407 e. The van der Waals surface area contributed by atoms with Crippen LogP contribution in [0.5, 0.6) is 0 Å². The predicted octanol–water partition coefficient (Wildman–Crippen LogP) is 4.47. The fourth-order valence-corrected chi connectivity index (χ4v) is 6.96. The number of hydrogen-bond acceptors (Lipinski definition) is 9. The number of carbonyl (C=O) groups is 5. The summed E-state index contributed by atoms with van der Waals surface area (Å²) in [5, 5.41) is 13.1. The van der Waals surface area contributed by atoms with Crippen molar-refractivity contribution in [3.8, 4) is 0 Å². The molecule has 2 unspecified atom stereocenters. The number of alkyl carbamates (subject to hydrolysis) is 1. The van der Waals surface area contributed by atoms with Gasteiger partial charge in [0.25, 0.3) is 5.91 Å². The van der Waals surface area contributed by atoms with Crippen LogP contribution in [0.2, 0.25) is 0 Å². The minimum Gasteiger partial charge on any atom is -0.465 e. The number of nitrogens with one attached hydrogen (secondary N) is 3. The first-order valence-corrected chi connectivity index (χ1v) is 19.6. The summed E-state index contributed by atoms with van der Waals surface area (Å²) in [5.41, 5.74) is 1.68. The smallest absolute Gasteiger partial charge is 0.407 e. The van der Waals surface area contributed by atoms with Gasteiger partial charge in [-0.1, -0.05) is 72.3 Å². The molecule has 292 valence electrons. The van der Waals surface area contributed by atoms with E-state index in [4.69, 9.17) is 9.84 Å². The minimum atomic E-state index is -3.72. The van der Waals surface area contributed by atoms with Crippen molar-refractivity contribution >= 4 is 39.9 Å². The second-order valence-corrected chi connectivity index (χ2v) is 16.2. The van der Waals surface area contributed by atoms with Gasteiger partial charge in [0.1, 0.15) is 18.6 Å². The van der Waals surface area contributed by atoms with Crippen LogP contribution in [0.4, 0.5) is 9.59 Å². The predicted molar refractivity (Wildman–Crippen MR) is 196 cm³/mol. The first-order chi connectivity index (χ1) is 24.6. The Balaban J connectivity index is 0.000000375. The number of rotatable bonds is 9. The van der Waals surface area contributed by atoms with E-state index >= 15 is 0 Å². The molecule has 5 amide bonds. The number of carboxylic acid groups (broad SMARTS) is 1. The normalized spacial score (nSPS) is 18.3. The second-order valence-electron chi connectivity index (χ2n) is 14.3. The van der Waals surface area contributed by atoms with E-state index in [2.05, 4.69) is 28.8 Å². The number of amides is 5. The van der Waals surface area contributed by atoms with Gasteiger partial charge in [-0.15, -0.1) is 13.2 Å². The molecule has 16 heteroatoms. The Bertz CT molecular complexity index is 1420. The SMILES string of the molecule is C1CCCCC1.C=C.CCC(NC(=O)C1CCCN1C(=O)CNC(=O)OCC(C)(C)C)C(=O)NS(=O)(=O)C1CC1.O=C(O)N1Cc2cccnc2C1. The zero-order valence-electron chi connectivity index (χ0n) is 31.2. The third kappa shape index (κ3) is 15.2. The van der Waals surface area contributed by atoms with Crippen molar-refractivity contribution in [1.82, 2.24) is 30.1 Å². The van der Waals surface area contributed by atoms with Crippen molar-refractivity contribution in [2.75, 3.05) is 19.7 Å². The maximum atomic E-state index is 12.8. The molecule has 1 saturated heterocycles. The highest BCUT2D eigenvalue weighted by atomic mass is 32.2. The van der Waals surface area contributed by atoms with E-state index < -0.39 is 57.3 Å². The number of likely N-dealkylation sites (tertiary alicyclic amines) is 1. The molecule has 4 aliphatic rings. The van der Waals surface area contributed by atoms with E-state index in [0.717, 1.165) is 11.3 Å². The van der Waals surface area contributed by atoms with E-state index in [1.807, 2.05) is 37.6 Å². The maximum absolute atomic E-state index is 12.8. The summed E-state index contributed by atoms with van der Waals surface area (Å²) in [5.74, 6) is -1.76. The lowest BCUT2D eigenvalue weighted by Crippen LogP contribution is -2.54. The van der Waals surface area contributed by atoms with E-state index in [0.29, 0.717) is 45.3 Å². The molecular weight excluding hydrogens is 692 g/mol. The highest BCUT2D eigenvalue weighted by molar-refractivity contribution is 7.90. The van der Waals surface area contributed by atoms with Gasteiger partial charge in [-0.2, -0.15) is 0 Å². The lowest BCUT2D eigenvalue weighted by molar-refractivity contribution is -0.138. The average molecular weight is 751 g/mol. The third-order valence-corrected chi connectivity index (χ3v) is 10.4. The molecule has 2 aliphatic heterocycles. The van der Waals surface area contributed by atoms with Crippen molar-refractivity contribution in [3.05, 3.63) is 42.7 Å². The van der Waals surface area contributed by atoms with Gasteiger partial charge in [-0.25, -0.2) is 18.0 Å². The lowest BCUT2D eigenvalue weighted by Gasteiger charge is -2.26. The van der Waals surface area contributed by atoms with E-state index in [1.54, 1.807) is 13.1 Å². The van der Waals surface area contributed by atoms with Crippen LogP contribution < -0.4 is 15.4 Å². The number of fused-ring (bicyclic) bond motifs is 1. The summed E-state index contributed by atoms with van der Waals surface area (Å²) in [6, 6.07) is 1.91. The van der Waals surface area contributed by atoms with Gasteiger partial charge in [0, 0.05) is 12.7 Å². The molecule has 15 nitrogen and oxygen atoms in total. The van der Waals surface area contributed by atoms with Gasteiger partial charge < -0.3 is 25.4 Å². The van der Waals surface area contributed by atoms with Crippen LogP contribution in [0.15, 0.2) is 31.5 Å². The first-order valence-electron chi connectivity index (χ1n) is 18.1. The standard InChI is InChI=1S/C20H34N4O7S.C8H8N2O2.C6H12.C2H4/c1-5-14(17(26)23-32(29,30)13-8-9-13)22-18(27)15-7-6-10-24(15)16(25)11-21-19(28)31-12-20(2,3)4;11-8(12)10-4-6-2-1-3-9-7(6)5-10;1-2-4-6-5-3-1;1-2/h13-15H,5-12H2,1-4H3,(H,21,28)(H,22,27)(H,23,26);1-3H,4-5H2,(H,11,12);1-6H2;1-2H2. The molecule has 0 spiro atoms. The van der Waals surface area contributed by atoms with Gasteiger partial charge in [0.2, 0.25) is 21.8 Å². The summed E-state index contributed by atoms with van der Waals surface area (Å²) in [7, 11) is -3.72. The lowest BCUT2D eigenvalue weighted by atomic mass is 9.99. The molecule has 2 atom stereocenters. The van der Waals surface area contributed by atoms with Crippen molar-refractivity contribution in [2.24, 2.45) is 5.41 Å². The first kappa shape index (κ1) is 44.0. The Kier molecular flexibility index (Phi) is 18.0. The van der Waals surface area contributed by atoms with Gasteiger partial charge in [0.05, 0.1) is 30.6 Å². The van der Waals surface area contributed by atoms with Crippen LogP contribution in [-0.4, -0.2) is 95.2 Å². The molecule has 2 saturated carbocycles. The highest BCUT2D eigenvalue weighted by Crippen LogP contribution is 2.27. The van der Waals surface area contributed by atoms with Crippen LogP contribution in [0, 0.1) is 5.41 Å². The minimum absolute atomic E-state index is 0.193.